The molecule has 0 N–H and O–H groups in total. The van der Waals surface area contributed by atoms with E-state index in [-0.39, 0.29) is 5.56 Å². The number of halogens is 1. The lowest BCUT2D eigenvalue weighted by Gasteiger charge is -2.08. The van der Waals surface area contributed by atoms with Gasteiger partial charge in [0, 0.05) is 0 Å². The van der Waals surface area contributed by atoms with Crippen LogP contribution in [0.1, 0.15) is 21.5 Å². The molecule has 0 aliphatic heterocycles. The van der Waals surface area contributed by atoms with Crippen LogP contribution >= 0.6 is 11.6 Å². The zero-order chi connectivity index (χ0) is 10.7. The summed E-state index contributed by atoms with van der Waals surface area (Å²) in [5.41, 5.74) is 1.34. The Labute approximate surface area is 86.9 Å². The van der Waals surface area contributed by atoms with E-state index < -0.39 is 5.24 Å². The second kappa shape index (κ2) is 4.12. The van der Waals surface area contributed by atoms with Crippen molar-refractivity contribution in [3.05, 3.63) is 28.8 Å². The minimum atomic E-state index is -0.623. The van der Waals surface area contributed by atoms with Gasteiger partial charge >= 0.3 is 0 Å². The number of ether oxygens (including phenoxy) is 1. The van der Waals surface area contributed by atoms with Crippen LogP contribution in [0, 0.1) is 18.3 Å². The van der Waals surface area contributed by atoms with E-state index in [1.54, 1.807) is 13.0 Å². The van der Waals surface area contributed by atoms with Crippen LogP contribution in [0.25, 0.3) is 0 Å². The Morgan fingerprint density at radius 2 is 2.21 bits per heavy atom. The van der Waals surface area contributed by atoms with Crippen molar-refractivity contribution in [2.45, 2.75) is 6.92 Å². The van der Waals surface area contributed by atoms with E-state index in [0.29, 0.717) is 11.3 Å². The molecule has 3 nitrogen and oxygen atoms in total. The fourth-order valence-electron chi connectivity index (χ4n) is 1.26. The first kappa shape index (κ1) is 10.6. The number of benzene rings is 1. The highest BCUT2D eigenvalue weighted by Gasteiger charge is 2.13. The first-order valence-corrected chi connectivity index (χ1v) is 4.26. The smallest absolute Gasteiger partial charge is 0.256 e. The lowest BCUT2D eigenvalue weighted by atomic mass is 10.1. The molecule has 0 radical (unpaired) electrons. The fourth-order valence-corrected chi connectivity index (χ4v) is 1.40. The van der Waals surface area contributed by atoms with Gasteiger partial charge < -0.3 is 4.74 Å². The third kappa shape index (κ3) is 1.86. The molecule has 0 spiro atoms. The van der Waals surface area contributed by atoms with E-state index in [0.717, 1.165) is 5.56 Å². The van der Waals surface area contributed by atoms with E-state index in [4.69, 9.17) is 21.6 Å². The molecule has 14 heavy (non-hydrogen) atoms. The van der Waals surface area contributed by atoms with Crippen molar-refractivity contribution < 1.29 is 9.53 Å². The highest BCUT2D eigenvalue weighted by Crippen LogP contribution is 2.26. The number of rotatable bonds is 2. The molecule has 1 rings (SSSR count). The van der Waals surface area contributed by atoms with Crippen LogP contribution in [-0.2, 0) is 0 Å². The van der Waals surface area contributed by atoms with Gasteiger partial charge in [0.25, 0.3) is 5.24 Å². The molecule has 0 aliphatic rings. The predicted octanol–water partition coefficient (Wildman–Crippen LogP) is 2.25. The number of methoxy groups -OCH3 is 1. The Balaban J connectivity index is 3.45. The third-order valence-corrected chi connectivity index (χ3v) is 2.02. The molecule has 4 heteroatoms. The Morgan fingerprint density at radius 1 is 1.57 bits per heavy atom. The predicted molar refractivity (Wildman–Crippen MR) is 52.6 cm³/mol. The van der Waals surface area contributed by atoms with E-state index in [2.05, 4.69) is 0 Å². The summed E-state index contributed by atoms with van der Waals surface area (Å²) in [6, 6.07) is 5.01. The molecule has 0 saturated heterocycles. The van der Waals surface area contributed by atoms with Gasteiger partial charge in [0.05, 0.1) is 24.3 Å². The number of carbonyl (C=O) groups is 1. The Kier molecular flexibility index (Phi) is 3.10. The van der Waals surface area contributed by atoms with Gasteiger partial charge in [0.1, 0.15) is 5.75 Å². The molecule has 72 valence electrons. The standard InChI is InChI=1S/C10H8ClNO2/c1-6-3-7(5-12)4-8(10(11)13)9(6)14-2/h3-4H,1-2H3. The van der Waals surface area contributed by atoms with Gasteiger partial charge in [0.2, 0.25) is 0 Å². The van der Waals surface area contributed by atoms with Crippen molar-refractivity contribution in [3.8, 4) is 11.8 Å². The van der Waals surface area contributed by atoms with E-state index in [9.17, 15) is 4.79 Å². The third-order valence-electron chi connectivity index (χ3n) is 1.82. The zero-order valence-electron chi connectivity index (χ0n) is 7.80. The Bertz CT molecular complexity index is 421. The number of nitrogens with zero attached hydrogens (tertiary/aromatic N) is 1. The minimum absolute atomic E-state index is 0.228. The fraction of sp³-hybridized carbons (Fsp3) is 0.200. The lowest BCUT2D eigenvalue weighted by molar-refractivity contribution is 0.107. The quantitative estimate of drug-likeness (QED) is 0.702. The second-order valence-electron chi connectivity index (χ2n) is 2.76. The van der Waals surface area contributed by atoms with Gasteiger partial charge in [-0.05, 0) is 36.2 Å². The van der Waals surface area contributed by atoms with Crippen molar-refractivity contribution in [1.82, 2.24) is 0 Å². The van der Waals surface area contributed by atoms with Crippen LogP contribution in [0.2, 0.25) is 0 Å². The number of nitriles is 1. The highest BCUT2D eigenvalue weighted by atomic mass is 35.5. The Morgan fingerprint density at radius 3 is 2.64 bits per heavy atom. The first-order valence-electron chi connectivity index (χ1n) is 3.88. The molecule has 0 saturated carbocycles. The molecule has 0 bridgehead atoms. The van der Waals surface area contributed by atoms with Crippen molar-refractivity contribution in [1.29, 1.82) is 5.26 Å². The molecule has 0 amide bonds. The normalized spacial score (nSPS) is 9.29. The molecule has 0 atom stereocenters. The highest BCUT2D eigenvalue weighted by molar-refractivity contribution is 6.68. The van der Waals surface area contributed by atoms with Crippen molar-refractivity contribution >= 4 is 16.8 Å². The monoisotopic (exact) mass is 209 g/mol. The van der Waals surface area contributed by atoms with Crippen LogP contribution in [0.3, 0.4) is 0 Å². The number of carbonyl (C=O) groups excluding carboxylic acids is 1. The van der Waals surface area contributed by atoms with E-state index >= 15 is 0 Å². The molecular weight excluding hydrogens is 202 g/mol. The molecule has 0 aliphatic carbocycles. The van der Waals surface area contributed by atoms with Crippen molar-refractivity contribution in [3.63, 3.8) is 0 Å². The topological polar surface area (TPSA) is 50.1 Å². The average molecular weight is 210 g/mol. The molecule has 0 heterocycles. The molecular formula is C10H8ClNO2. The lowest BCUT2D eigenvalue weighted by Crippen LogP contribution is -1.98. The van der Waals surface area contributed by atoms with Crippen LogP contribution < -0.4 is 4.74 Å². The molecule has 0 unspecified atom stereocenters. The molecule has 0 fully saturated rings. The number of hydrogen-bond donors (Lipinski definition) is 0. The summed E-state index contributed by atoms with van der Waals surface area (Å²) in [6.45, 7) is 1.75. The maximum Gasteiger partial charge on any atom is 0.256 e. The summed E-state index contributed by atoms with van der Waals surface area (Å²) >= 11 is 5.36. The number of aryl methyl sites for hydroxylation is 1. The van der Waals surface area contributed by atoms with E-state index in [1.807, 2.05) is 6.07 Å². The Hall–Kier alpha value is -1.53. The summed E-state index contributed by atoms with van der Waals surface area (Å²) in [4.78, 5) is 11.0. The van der Waals surface area contributed by atoms with Gasteiger partial charge in [0.15, 0.2) is 0 Å². The van der Waals surface area contributed by atoms with E-state index in [1.165, 1.54) is 13.2 Å². The van der Waals surface area contributed by atoms with Gasteiger partial charge in [-0.25, -0.2) is 0 Å². The van der Waals surface area contributed by atoms with Crippen LogP contribution in [-0.4, -0.2) is 12.4 Å². The summed E-state index contributed by atoms with van der Waals surface area (Å²) in [7, 11) is 1.46. The summed E-state index contributed by atoms with van der Waals surface area (Å²) in [5, 5.41) is 8.06. The van der Waals surface area contributed by atoms with Gasteiger partial charge in [-0.3, -0.25) is 4.79 Å². The maximum atomic E-state index is 11.0. The van der Waals surface area contributed by atoms with Gasteiger partial charge in [-0.2, -0.15) is 5.26 Å². The summed E-state index contributed by atoms with van der Waals surface area (Å²) < 4.78 is 5.02. The molecule has 0 aromatic heterocycles. The van der Waals surface area contributed by atoms with Crippen LogP contribution in [0.5, 0.6) is 5.75 Å². The molecule has 1 aromatic carbocycles. The largest absolute Gasteiger partial charge is 0.496 e. The summed E-state index contributed by atoms with van der Waals surface area (Å²) in [5.74, 6) is 0.420. The SMILES string of the molecule is COc1c(C)cc(C#N)cc1C(=O)Cl. The minimum Gasteiger partial charge on any atom is -0.496 e. The maximum absolute atomic E-state index is 11.0. The van der Waals surface area contributed by atoms with Crippen molar-refractivity contribution in [2.24, 2.45) is 0 Å². The van der Waals surface area contributed by atoms with Crippen molar-refractivity contribution in [2.75, 3.05) is 7.11 Å². The molecule has 1 aromatic rings. The zero-order valence-corrected chi connectivity index (χ0v) is 8.55. The second-order valence-corrected chi connectivity index (χ2v) is 3.10. The van der Waals surface area contributed by atoms with Crippen LogP contribution in [0.4, 0.5) is 0 Å². The number of hydrogen-bond acceptors (Lipinski definition) is 3. The summed E-state index contributed by atoms with van der Waals surface area (Å²) in [6.07, 6.45) is 0. The van der Waals surface area contributed by atoms with Gasteiger partial charge in [-0.1, -0.05) is 0 Å². The van der Waals surface area contributed by atoms with Gasteiger partial charge in [-0.15, -0.1) is 0 Å². The first-order chi connectivity index (χ1) is 6.60. The average Bonchev–Trinajstić information content (AvgIpc) is 2.16. The van der Waals surface area contributed by atoms with Crippen LogP contribution in [0.15, 0.2) is 12.1 Å².